The number of likely N-dealkylation sites (tertiary alicyclic amines) is 1. The fourth-order valence-electron chi connectivity index (χ4n) is 3.32. The lowest BCUT2D eigenvalue weighted by atomic mass is 10.1. The third kappa shape index (κ3) is 6.37. The molecule has 1 aliphatic rings. The molecule has 1 fully saturated rings. The van der Waals surface area contributed by atoms with Gasteiger partial charge in [-0.15, -0.1) is 0 Å². The van der Waals surface area contributed by atoms with Gasteiger partial charge in [-0.1, -0.05) is 22.9 Å². The number of hydrogen-bond acceptors (Lipinski definition) is 7. The maximum Gasteiger partial charge on any atom is 0.432 e. The second-order valence-electron chi connectivity index (χ2n) is 7.38. The van der Waals surface area contributed by atoms with Crippen molar-refractivity contribution in [3.05, 3.63) is 43.5 Å². The minimum absolute atomic E-state index is 0.0278. The number of nitrogens with two attached hydrogens (primary N) is 1. The highest BCUT2D eigenvalue weighted by molar-refractivity contribution is 7.11. The largest absolute Gasteiger partial charge is 0.490 e. The van der Waals surface area contributed by atoms with Gasteiger partial charge in [0.05, 0.1) is 16.8 Å². The van der Waals surface area contributed by atoms with Crippen LogP contribution >= 0.6 is 22.9 Å². The lowest BCUT2D eigenvalue weighted by molar-refractivity contribution is -0.141. The molecule has 1 aromatic carbocycles. The predicted octanol–water partition coefficient (Wildman–Crippen LogP) is 2.32. The summed E-state index contributed by atoms with van der Waals surface area (Å²) in [6.07, 6.45) is -4.47. The van der Waals surface area contributed by atoms with Crippen molar-refractivity contribution < 1.29 is 27.8 Å². The Balaban J connectivity index is 1.43. The van der Waals surface area contributed by atoms with E-state index in [1.807, 2.05) is 4.90 Å². The number of aromatic amines is 1. The molecule has 3 rings (SSSR count). The molecule has 0 spiro atoms. The first kappa shape index (κ1) is 24.4. The SMILES string of the molecule is Nc1ccc(OC2CCN(C[C@H](O)CNC(=O)c3sc(=O)[nH]c3C(F)(F)F)CC2)cc1Cl. The number of aromatic nitrogens is 1. The molecule has 13 heteroatoms. The number of ether oxygens (including phenoxy) is 1. The Hall–Kier alpha value is -2.28. The van der Waals surface area contributed by atoms with Crippen LogP contribution in [0.4, 0.5) is 18.9 Å². The van der Waals surface area contributed by atoms with E-state index in [2.05, 4.69) is 5.32 Å². The summed E-state index contributed by atoms with van der Waals surface area (Å²) in [5.41, 5.74) is 4.76. The summed E-state index contributed by atoms with van der Waals surface area (Å²) in [7, 11) is 0. The van der Waals surface area contributed by atoms with E-state index in [9.17, 15) is 27.9 Å². The lowest BCUT2D eigenvalue weighted by Gasteiger charge is -2.33. The highest BCUT2D eigenvalue weighted by Crippen LogP contribution is 2.31. The number of hydrogen-bond donors (Lipinski definition) is 4. The predicted molar refractivity (Wildman–Crippen MR) is 114 cm³/mol. The van der Waals surface area contributed by atoms with Gasteiger partial charge in [0.15, 0.2) is 0 Å². The van der Waals surface area contributed by atoms with Crippen molar-refractivity contribution in [1.29, 1.82) is 0 Å². The summed E-state index contributed by atoms with van der Waals surface area (Å²) in [6, 6.07) is 5.06. The van der Waals surface area contributed by atoms with Gasteiger partial charge in [-0.2, -0.15) is 13.2 Å². The number of carbonyl (C=O) groups is 1. The molecule has 0 unspecified atom stereocenters. The molecular weight excluding hydrogens is 473 g/mol. The van der Waals surface area contributed by atoms with Crippen LogP contribution in [0.1, 0.15) is 28.2 Å². The number of nitrogens with one attached hydrogen (secondary N) is 2. The standard InChI is InChI=1S/C19H22ClF3N4O4S/c20-13-7-12(1-2-14(13)24)31-11-3-5-27(6-4-11)9-10(28)8-25-17(29)15-16(19(21,22)23)26-18(30)32-15/h1-2,7,10-11,28H,3-6,8-9,24H2,(H,25,29)(H,26,30)/t10-/m1/s1. The van der Waals surface area contributed by atoms with E-state index in [0.29, 0.717) is 42.4 Å². The number of aliphatic hydroxyl groups is 1. The topological polar surface area (TPSA) is 121 Å². The van der Waals surface area contributed by atoms with E-state index in [-0.39, 0.29) is 30.5 Å². The van der Waals surface area contributed by atoms with Crippen LogP contribution in [0.25, 0.3) is 0 Å². The molecule has 176 valence electrons. The molecule has 8 nitrogen and oxygen atoms in total. The number of nitrogen functional groups attached to an aromatic ring is 1. The number of carbonyl (C=O) groups excluding carboxylic acids is 1. The van der Waals surface area contributed by atoms with Gasteiger partial charge >= 0.3 is 11.0 Å². The Morgan fingerprint density at radius 1 is 1.41 bits per heavy atom. The quantitative estimate of drug-likeness (QED) is 0.438. The monoisotopic (exact) mass is 494 g/mol. The fourth-order valence-corrected chi connectivity index (χ4v) is 4.27. The van der Waals surface area contributed by atoms with E-state index in [1.54, 1.807) is 23.2 Å². The Morgan fingerprint density at radius 2 is 2.09 bits per heavy atom. The zero-order valence-corrected chi connectivity index (χ0v) is 18.3. The third-order valence-corrected chi connectivity index (χ3v) is 6.12. The Kier molecular flexibility index (Phi) is 7.70. The fraction of sp³-hybridized carbons (Fsp3) is 0.474. The number of benzene rings is 1. The van der Waals surface area contributed by atoms with Gasteiger partial charge in [0.25, 0.3) is 5.91 Å². The summed E-state index contributed by atoms with van der Waals surface area (Å²) in [4.78, 5) is 25.2. The average Bonchev–Trinajstić information content (AvgIpc) is 3.13. The van der Waals surface area contributed by atoms with Gasteiger partial charge in [0.2, 0.25) is 0 Å². The first-order valence-electron chi connectivity index (χ1n) is 9.73. The van der Waals surface area contributed by atoms with Crippen LogP contribution in [-0.4, -0.2) is 59.3 Å². The van der Waals surface area contributed by atoms with Gasteiger partial charge in [0.1, 0.15) is 22.4 Å². The molecule has 2 aromatic rings. The molecule has 0 aliphatic carbocycles. The summed E-state index contributed by atoms with van der Waals surface area (Å²) in [5.74, 6) is -0.440. The lowest BCUT2D eigenvalue weighted by Crippen LogP contribution is -2.45. The molecule has 1 saturated heterocycles. The van der Waals surface area contributed by atoms with Crippen LogP contribution in [0.3, 0.4) is 0 Å². The Labute approximate surface area is 190 Å². The summed E-state index contributed by atoms with van der Waals surface area (Å²) >= 11 is 6.17. The van der Waals surface area contributed by atoms with Crippen molar-refractivity contribution in [2.24, 2.45) is 0 Å². The molecule has 32 heavy (non-hydrogen) atoms. The van der Waals surface area contributed by atoms with Gasteiger partial charge in [0, 0.05) is 32.2 Å². The van der Waals surface area contributed by atoms with Crippen molar-refractivity contribution in [1.82, 2.24) is 15.2 Å². The number of aliphatic hydroxyl groups excluding tert-OH is 1. The minimum Gasteiger partial charge on any atom is -0.490 e. The third-order valence-electron chi connectivity index (χ3n) is 4.92. The van der Waals surface area contributed by atoms with Gasteiger partial charge in [-0.05, 0) is 25.0 Å². The molecule has 1 aromatic heterocycles. The van der Waals surface area contributed by atoms with Crippen LogP contribution in [0.2, 0.25) is 5.02 Å². The normalized spacial score (nSPS) is 16.7. The van der Waals surface area contributed by atoms with E-state index in [1.165, 1.54) is 0 Å². The van der Waals surface area contributed by atoms with Crippen LogP contribution in [0.5, 0.6) is 5.75 Å². The highest BCUT2D eigenvalue weighted by atomic mass is 35.5. The van der Waals surface area contributed by atoms with Crippen molar-refractivity contribution in [2.75, 3.05) is 31.9 Å². The molecule has 1 atom stereocenters. The van der Waals surface area contributed by atoms with Crippen molar-refractivity contribution in [3.8, 4) is 5.75 Å². The van der Waals surface area contributed by atoms with Gasteiger partial charge in [-0.25, -0.2) is 0 Å². The van der Waals surface area contributed by atoms with E-state index < -0.39 is 33.6 Å². The van der Waals surface area contributed by atoms with E-state index in [0.717, 1.165) is 0 Å². The number of anilines is 1. The maximum atomic E-state index is 12.9. The number of piperidine rings is 1. The molecule has 1 amide bonds. The van der Waals surface area contributed by atoms with Crippen LogP contribution in [-0.2, 0) is 6.18 Å². The zero-order valence-electron chi connectivity index (χ0n) is 16.7. The second kappa shape index (κ2) is 10.1. The van der Waals surface area contributed by atoms with Crippen LogP contribution in [0, 0.1) is 0 Å². The number of thiazole rings is 1. The molecule has 0 bridgehead atoms. The van der Waals surface area contributed by atoms with Crippen LogP contribution < -0.4 is 20.7 Å². The number of amides is 1. The first-order chi connectivity index (χ1) is 15.0. The van der Waals surface area contributed by atoms with E-state index in [4.69, 9.17) is 22.1 Å². The molecule has 5 N–H and O–H groups in total. The zero-order chi connectivity index (χ0) is 23.5. The second-order valence-corrected chi connectivity index (χ2v) is 8.77. The number of halogens is 4. The van der Waals surface area contributed by atoms with Crippen LogP contribution in [0.15, 0.2) is 23.0 Å². The molecule has 0 saturated carbocycles. The van der Waals surface area contributed by atoms with Crippen molar-refractivity contribution in [2.45, 2.75) is 31.2 Å². The smallest absolute Gasteiger partial charge is 0.432 e. The Bertz CT molecular complexity index is 1010. The van der Waals surface area contributed by atoms with Crippen molar-refractivity contribution in [3.63, 3.8) is 0 Å². The van der Waals surface area contributed by atoms with Gasteiger partial charge in [-0.3, -0.25) is 9.59 Å². The summed E-state index contributed by atoms with van der Waals surface area (Å²) in [5, 5.41) is 12.9. The number of H-pyrrole nitrogens is 1. The number of alkyl halides is 3. The van der Waals surface area contributed by atoms with Crippen molar-refractivity contribution >= 4 is 34.5 Å². The molecule has 0 radical (unpaired) electrons. The summed E-state index contributed by atoms with van der Waals surface area (Å²) in [6.45, 7) is 1.25. The minimum atomic E-state index is -4.85. The number of rotatable bonds is 7. The Morgan fingerprint density at radius 3 is 2.72 bits per heavy atom. The maximum absolute atomic E-state index is 12.9. The number of nitrogens with zero attached hydrogens (tertiary/aromatic N) is 1. The summed E-state index contributed by atoms with van der Waals surface area (Å²) < 4.78 is 44.7. The molecule has 1 aliphatic heterocycles. The molecular formula is C19H22ClF3N4O4S. The number of β-amino-alcohol motifs (C(OH)–C–C–N with tert-alkyl or cyclic N) is 1. The highest BCUT2D eigenvalue weighted by Gasteiger charge is 2.38. The molecule has 2 heterocycles. The first-order valence-corrected chi connectivity index (χ1v) is 10.9. The van der Waals surface area contributed by atoms with E-state index >= 15 is 0 Å². The average molecular weight is 495 g/mol. The van der Waals surface area contributed by atoms with Gasteiger partial charge < -0.3 is 30.8 Å².